The number of aliphatic hydroxyl groups is 1. The number of amides is 1. The first-order valence-corrected chi connectivity index (χ1v) is 11.9. The molecule has 2 aromatic rings. The summed E-state index contributed by atoms with van der Waals surface area (Å²) in [5.41, 5.74) is 1.91. The van der Waals surface area contributed by atoms with Gasteiger partial charge in [0.25, 0.3) is 5.91 Å². The van der Waals surface area contributed by atoms with Gasteiger partial charge in [-0.1, -0.05) is 43.6 Å². The van der Waals surface area contributed by atoms with E-state index in [4.69, 9.17) is 11.6 Å². The molecule has 198 valence electrons. The van der Waals surface area contributed by atoms with Gasteiger partial charge in [0.15, 0.2) is 0 Å². The average molecular weight is 536 g/mol. The molecule has 0 aromatic heterocycles. The van der Waals surface area contributed by atoms with Gasteiger partial charge >= 0.3 is 12.1 Å². The van der Waals surface area contributed by atoms with E-state index < -0.39 is 48.6 Å². The van der Waals surface area contributed by atoms with Crippen LogP contribution in [-0.2, 0) is 4.79 Å². The van der Waals surface area contributed by atoms with E-state index in [-0.39, 0.29) is 23.4 Å². The second kappa shape index (κ2) is 12.0. The summed E-state index contributed by atoms with van der Waals surface area (Å²) in [7, 11) is 0. The van der Waals surface area contributed by atoms with Crippen molar-refractivity contribution in [2.75, 3.05) is 0 Å². The number of rotatable bonds is 5. The third-order valence-corrected chi connectivity index (χ3v) is 6.41. The molecule has 0 unspecified atom stereocenters. The van der Waals surface area contributed by atoms with Crippen LogP contribution in [0.3, 0.4) is 0 Å². The van der Waals surface area contributed by atoms with E-state index in [0.717, 1.165) is 0 Å². The standard InChI is InChI=1S/C24H22ClF6NO2.C2H6/c1-13-2-3-14(15-4-9-20(25)21(26)11-15)10-18(13)19(12-33)22(34)32-17-7-5-16(6-8-17)23(27,28)24(29,30)31;1-2/h2-4,9-12,16-17,33H,5-8H2,1H3,(H,32,34);1-2H3/b19-12+;. The van der Waals surface area contributed by atoms with Crippen molar-refractivity contribution in [1.29, 1.82) is 0 Å². The lowest BCUT2D eigenvalue weighted by Gasteiger charge is -2.34. The number of alkyl halides is 5. The Labute approximate surface area is 211 Å². The van der Waals surface area contributed by atoms with Gasteiger partial charge < -0.3 is 10.4 Å². The highest BCUT2D eigenvalue weighted by molar-refractivity contribution is 6.30. The van der Waals surface area contributed by atoms with Crippen molar-refractivity contribution >= 4 is 23.1 Å². The van der Waals surface area contributed by atoms with Gasteiger partial charge in [-0.05, 0) is 73.1 Å². The van der Waals surface area contributed by atoms with Gasteiger partial charge in [-0.2, -0.15) is 22.0 Å². The van der Waals surface area contributed by atoms with Gasteiger partial charge in [-0.3, -0.25) is 4.79 Å². The molecule has 0 aliphatic heterocycles. The molecule has 1 amide bonds. The number of hydrogen-bond donors (Lipinski definition) is 2. The lowest BCUT2D eigenvalue weighted by Crippen LogP contribution is -2.47. The van der Waals surface area contributed by atoms with E-state index in [1.54, 1.807) is 31.2 Å². The van der Waals surface area contributed by atoms with Gasteiger partial charge in [0.1, 0.15) is 5.82 Å². The van der Waals surface area contributed by atoms with Crippen molar-refractivity contribution < 1.29 is 36.2 Å². The molecule has 36 heavy (non-hydrogen) atoms. The first-order valence-electron chi connectivity index (χ1n) is 11.5. The molecule has 1 saturated carbocycles. The van der Waals surface area contributed by atoms with Crippen molar-refractivity contribution in [1.82, 2.24) is 5.32 Å². The van der Waals surface area contributed by atoms with E-state index in [9.17, 15) is 36.2 Å². The summed E-state index contributed by atoms with van der Waals surface area (Å²) in [6.07, 6.45) is -5.91. The Morgan fingerprint density at radius 1 is 1.00 bits per heavy atom. The number of carbonyl (C=O) groups is 1. The summed E-state index contributed by atoms with van der Waals surface area (Å²) in [5.74, 6) is -7.94. The molecular formula is C26H28ClF6NO2. The highest BCUT2D eigenvalue weighted by Crippen LogP contribution is 2.46. The molecule has 0 radical (unpaired) electrons. The highest BCUT2D eigenvalue weighted by atomic mass is 35.5. The van der Waals surface area contributed by atoms with E-state index >= 15 is 0 Å². The van der Waals surface area contributed by atoms with Crippen molar-refractivity contribution in [3.8, 4) is 11.1 Å². The van der Waals surface area contributed by atoms with Gasteiger partial charge in [-0.25, -0.2) is 4.39 Å². The van der Waals surface area contributed by atoms with Crippen LogP contribution in [-0.4, -0.2) is 29.2 Å². The molecule has 0 saturated heterocycles. The molecule has 0 bridgehead atoms. The zero-order valence-electron chi connectivity index (χ0n) is 20.0. The molecule has 10 heteroatoms. The number of benzene rings is 2. The largest absolute Gasteiger partial charge is 0.515 e. The molecule has 0 atom stereocenters. The van der Waals surface area contributed by atoms with Crippen molar-refractivity contribution in [2.24, 2.45) is 5.92 Å². The minimum absolute atomic E-state index is 0.0471. The first-order chi connectivity index (χ1) is 16.8. The number of nitrogens with one attached hydrogen (secondary N) is 1. The molecule has 1 aliphatic rings. The van der Waals surface area contributed by atoms with Crippen molar-refractivity contribution in [2.45, 2.75) is 64.6 Å². The molecule has 1 fully saturated rings. The SMILES string of the molecule is CC.Cc1ccc(-c2ccc(Cl)c(F)c2)cc1/C(=C\O)C(=O)NC1CCC(C(F)(F)C(F)(F)F)CC1. The van der Waals surface area contributed by atoms with Gasteiger partial charge in [0.2, 0.25) is 0 Å². The third kappa shape index (κ3) is 6.55. The summed E-state index contributed by atoms with van der Waals surface area (Å²) < 4.78 is 78.9. The van der Waals surface area contributed by atoms with E-state index in [1.165, 1.54) is 12.1 Å². The number of halogens is 7. The van der Waals surface area contributed by atoms with Crippen LogP contribution in [0.25, 0.3) is 16.7 Å². The predicted molar refractivity (Wildman–Crippen MR) is 128 cm³/mol. The zero-order chi connectivity index (χ0) is 27.3. The Morgan fingerprint density at radius 3 is 2.08 bits per heavy atom. The summed E-state index contributed by atoms with van der Waals surface area (Å²) in [6, 6.07) is 8.57. The fraction of sp³-hybridized carbons (Fsp3) is 0.423. The van der Waals surface area contributed by atoms with Crippen LogP contribution < -0.4 is 5.32 Å². The topological polar surface area (TPSA) is 49.3 Å². The number of aliphatic hydroxyl groups excluding tert-OH is 1. The Kier molecular flexibility index (Phi) is 9.88. The summed E-state index contributed by atoms with van der Waals surface area (Å²) in [4.78, 5) is 12.8. The molecule has 0 heterocycles. The molecular weight excluding hydrogens is 508 g/mol. The summed E-state index contributed by atoms with van der Waals surface area (Å²) in [6.45, 7) is 5.70. The van der Waals surface area contributed by atoms with Crippen LogP contribution in [0.15, 0.2) is 42.7 Å². The lowest BCUT2D eigenvalue weighted by molar-refractivity contribution is -0.305. The lowest BCUT2D eigenvalue weighted by atomic mass is 9.81. The Balaban J connectivity index is 0.00000222. The molecule has 2 aromatic carbocycles. The maximum atomic E-state index is 13.9. The Hall–Kier alpha value is -2.68. The van der Waals surface area contributed by atoms with Crippen LogP contribution in [0.5, 0.6) is 0 Å². The van der Waals surface area contributed by atoms with Gasteiger partial charge in [0, 0.05) is 12.0 Å². The molecule has 3 nitrogen and oxygen atoms in total. The Bertz CT molecular complexity index is 1090. The normalized spacial score (nSPS) is 18.8. The second-order valence-electron chi connectivity index (χ2n) is 8.34. The average Bonchev–Trinajstić information content (AvgIpc) is 2.83. The number of aryl methyl sites for hydroxylation is 1. The first kappa shape index (κ1) is 29.5. The fourth-order valence-corrected chi connectivity index (χ4v) is 4.23. The van der Waals surface area contributed by atoms with Crippen molar-refractivity contribution in [3.05, 3.63) is 64.6 Å². The van der Waals surface area contributed by atoms with Crippen LogP contribution in [0.2, 0.25) is 5.02 Å². The quantitative estimate of drug-likeness (QED) is 0.230. The minimum atomic E-state index is -5.61. The van der Waals surface area contributed by atoms with E-state index in [1.807, 2.05) is 13.8 Å². The molecule has 3 rings (SSSR count). The Morgan fingerprint density at radius 2 is 1.56 bits per heavy atom. The van der Waals surface area contributed by atoms with Gasteiger partial charge in [0.05, 0.1) is 16.9 Å². The summed E-state index contributed by atoms with van der Waals surface area (Å²) in [5, 5.41) is 12.3. The molecule has 1 aliphatic carbocycles. The minimum Gasteiger partial charge on any atom is -0.515 e. The smallest absolute Gasteiger partial charge is 0.453 e. The summed E-state index contributed by atoms with van der Waals surface area (Å²) >= 11 is 5.72. The van der Waals surface area contributed by atoms with Crippen LogP contribution in [0.4, 0.5) is 26.3 Å². The monoisotopic (exact) mass is 535 g/mol. The fourth-order valence-electron chi connectivity index (χ4n) is 4.11. The molecule has 2 N–H and O–H groups in total. The highest BCUT2D eigenvalue weighted by Gasteiger charge is 2.62. The van der Waals surface area contributed by atoms with Crippen molar-refractivity contribution in [3.63, 3.8) is 0 Å². The maximum Gasteiger partial charge on any atom is 0.453 e. The van der Waals surface area contributed by atoms with E-state index in [0.29, 0.717) is 28.5 Å². The maximum absolute atomic E-state index is 13.9. The zero-order valence-corrected chi connectivity index (χ0v) is 20.8. The predicted octanol–water partition coefficient (Wildman–Crippen LogP) is 8.25. The second-order valence-corrected chi connectivity index (χ2v) is 8.75. The number of hydrogen-bond acceptors (Lipinski definition) is 2. The van der Waals surface area contributed by atoms with Crippen LogP contribution in [0.1, 0.15) is 50.7 Å². The van der Waals surface area contributed by atoms with Crippen LogP contribution in [0, 0.1) is 18.7 Å². The van der Waals surface area contributed by atoms with Gasteiger partial charge in [-0.15, -0.1) is 0 Å². The van der Waals surface area contributed by atoms with E-state index in [2.05, 4.69) is 5.32 Å². The number of carbonyl (C=O) groups excluding carboxylic acids is 1. The third-order valence-electron chi connectivity index (χ3n) is 6.11. The van der Waals surface area contributed by atoms with Crippen LogP contribution >= 0.6 is 11.6 Å². The molecule has 0 spiro atoms.